The number of hydrogen-bond donors (Lipinski definition) is 2. The quantitative estimate of drug-likeness (QED) is 0.430. The van der Waals surface area contributed by atoms with E-state index in [9.17, 15) is 14.7 Å². The maximum Gasteiger partial charge on any atom is 0.330 e. The van der Waals surface area contributed by atoms with Crippen molar-refractivity contribution in [2.24, 2.45) is 4.99 Å². The molecule has 2 N–H and O–H groups in total. The van der Waals surface area contributed by atoms with Crippen LogP contribution in [0.1, 0.15) is 22.9 Å². The lowest BCUT2D eigenvalue weighted by atomic mass is 9.95. The van der Waals surface area contributed by atoms with Gasteiger partial charge in [-0.3, -0.25) is 19.3 Å². The number of H-pyrrole nitrogens is 1. The summed E-state index contributed by atoms with van der Waals surface area (Å²) in [4.78, 5) is 31.1. The predicted molar refractivity (Wildman–Crippen MR) is 130 cm³/mol. The van der Waals surface area contributed by atoms with Crippen LogP contribution >= 0.6 is 0 Å². The van der Waals surface area contributed by atoms with E-state index in [1.54, 1.807) is 6.92 Å². The molecule has 4 atom stereocenters. The summed E-state index contributed by atoms with van der Waals surface area (Å²) in [6.45, 7) is 5.36. The fourth-order valence-corrected chi connectivity index (χ4v) is 4.24. The number of aliphatic hydroxyl groups excluding tert-OH is 1. The molecule has 9 heteroatoms. The van der Waals surface area contributed by atoms with Crippen molar-refractivity contribution in [3.8, 4) is 0 Å². The standard InChI is InChI=1S/C26H29N3O6/c1-18-13-29(25(32)28-23(18)31)24-21(27-2)22(34-15-20-11-7-4-8-12-20)26(16-30,35-24)17-33-14-19-9-5-3-6-10-19/h3-13,21-22,24,30H,2,14-17H2,1H3,(H,28,31,32)/t21?,22?,24-,26-/m1/s1. The number of rotatable bonds is 10. The molecule has 0 spiro atoms. The largest absolute Gasteiger partial charge is 0.393 e. The molecule has 1 saturated heterocycles. The number of benzene rings is 2. The first-order valence-corrected chi connectivity index (χ1v) is 11.3. The van der Waals surface area contributed by atoms with Crippen LogP contribution in [0.5, 0.6) is 0 Å². The summed E-state index contributed by atoms with van der Waals surface area (Å²) in [7, 11) is 0. The zero-order chi connectivity index (χ0) is 24.8. The van der Waals surface area contributed by atoms with Crippen molar-refractivity contribution in [1.82, 2.24) is 9.55 Å². The van der Waals surface area contributed by atoms with E-state index < -0.39 is 41.8 Å². The first-order chi connectivity index (χ1) is 17.0. The van der Waals surface area contributed by atoms with E-state index in [0.29, 0.717) is 12.2 Å². The smallest absolute Gasteiger partial charge is 0.330 e. The molecule has 0 amide bonds. The Morgan fingerprint density at radius 3 is 2.31 bits per heavy atom. The van der Waals surface area contributed by atoms with Crippen LogP contribution in [-0.4, -0.2) is 52.3 Å². The van der Waals surface area contributed by atoms with E-state index in [1.165, 1.54) is 10.8 Å². The molecule has 4 rings (SSSR count). The second-order valence-electron chi connectivity index (χ2n) is 8.58. The SMILES string of the molecule is C=NC1C(OCc2ccccc2)[C@@](CO)(COCc2ccccc2)O[C@H]1n1cc(C)c(=O)[nH]c1=O. The van der Waals surface area contributed by atoms with E-state index in [0.717, 1.165) is 11.1 Å². The maximum atomic E-state index is 12.7. The lowest BCUT2D eigenvalue weighted by molar-refractivity contribution is -0.175. The molecule has 1 aliphatic rings. The lowest BCUT2D eigenvalue weighted by Gasteiger charge is -2.32. The lowest BCUT2D eigenvalue weighted by Crippen LogP contribution is -2.51. The topological polar surface area (TPSA) is 115 Å². The van der Waals surface area contributed by atoms with E-state index >= 15 is 0 Å². The van der Waals surface area contributed by atoms with Crippen LogP contribution in [0.4, 0.5) is 0 Å². The molecule has 1 aromatic heterocycles. The molecule has 35 heavy (non-hydrogen) atoms. The third kappa shape index (κ3) is 5.33. The fourth-order valence-electron chi connectivity index (χ4n) is 4.24. The Balaban J connectivity index is 1.65. The van der Waals surface area contributed by atoms with Crippen molar-refractivity contribution in [1.29, 1.82) is 0 Å². The zero-order valence-corrected chi connectivity index (χ0v) is 19.5. The second kappa shape index (κ2) is 10.9. The van der Waals surface area contributed by atoms with Gasteiger partial charge in [-0.2, -0.15) is 0 Å². The Kier molecular flexibility index (Phi) is 7.72. The Morgan fingerprint density at radius 2 is 1.71 bits per heavy atom. The highest BCUT2D eigenvalue weighted by atomic mass is 16.6. The Bertz CT molecular complexity index is 1240. The average Bonchev–Trinajstić information content (AvgIpc) is 3.19. The summed E-state index contributed by atoms with van der Waals surface area (Å²) in [6.07, 6.45) is -0.342. The van der Waals surface area contributed by atoms with E-state index in [-0.39, 0.29) is 13.2 Å². The third-order valence-electron chi connectivity index (χ3n) is 6.11. The number of aryl methyl sites for hydroxylation is 1. The van der Waals surface area contributed by atoms with Gasteiger partial charge in [0.1, 0.15) is 17.7 Å². The highest BCUT2D eigenvalue weighted by Gasteiger charge is 2.57. The van der Waals surface area contributed by atoms with Gasteiger partial charge in [-0.05, 0) is 24.8 Å². The van der Waals surface area contributed by atoms with Crippen LogP contribution in [0.25, 0.3) is 0 Å². The van der Waals surface area contributed by atoms with Gasteiger partial charge in [0, 0.05) is 11.8 Å². The zero-order valence-electron chi connectivity index (χ0n) is 19.5. The summed E-state index contributed by atoms with van der Waals surface area (Å²) in [5.41, 5.74) is -0.247. The van der Waals surface area contributed by atoms with E-state index in [1.807, 2.05) is 60.7 Å². The molecular weight excluding hydrogens is 450 g/mol. The molecule has 0 radical (unpaired) electrons. The average molecular weight is 480 g/mol. The summed E-state index contributed by atoms with van der Waals surface area (Å²) in [5.74, 6) is 0. The summed E-state index contributed by atoms with van der Waals surface area (Å²) in [5, 5.41) is 10.5. The van der Waals surface area contributed by atoms with Crippen LogP contribution in [-0.2, 0) is 27.4 Å². The number of aliphatic imine (C=N–C) groups is 1. The molecule has 2 heterocycles. The van der Waals surface area contributed by atoms with Crippen LogP contribution in [0.2, 0.25) is 0 Å². The molecule has 0 aliphatic carbocycles. The first kappa shape index (κ1) is 24.7. The van der Waals surface area contributed by atoms with Crippen LogP contribution in [0.3, 0.4) is 0 Å². The van der Waals surface area contributed by atoms with Gasteiger partial charge in [-0.1, -0.05) is 60.7 Å². The fraction of sp³-hybridized carbons (Fsp3) is 0.346. The highest BCUT2D eigenvalue weighted by Crippen LogP contribution is 2.41. The van der Waals surface area contributed by atoms with Gasteiger partial charge in [0.25, 0.3) is 5.56 Å². The van der Waals surface area contributed by atoms with Crippen LogP contribution in [0, 0.1) is 6.92 Å². The van der Waals surface area contributed by atoms with E-state index in [2.05, 4.69) is 16.7 Å². The Morgan fingerprint density at radius 1 is 1.09 bits per heavy atom. The first-order valence-electron chi connectivity index (χ1n) is 11.3. The van der Waals surface area contributed by atoms with Gasteiger partial charge in [-0.25, -0.2) is 4.79 Å². The summed E-state index contributed by atoms with van der Waals surface area (Å²) >= 11 is 0. The number of hydrogen-bond acceptors (Lipinski definition) is 7. The van der Waals surface area contributed by atoms with Gasteiger partial charge in [0.2, 0.25) is 0 Å². The molecule has 0 bridgehead atoms. The normalized spacial score (nSPS) is 23.9. The number of aromatic amines is 1. The number of aromatic nitrogens is 2. The molecule has 184 valence electrons. The molecule has 1 aliphatic heterocycles. The number of nitrogens with zero attached hydrogens (tertiary/aromatic N) is 2. The molecular formula is C26H29N3O6. The van der Waals surface area contributed by atoms with Crippen molar-refractivity contribution < 1.29 is 19.3 Å². The molecule has 9 nitrogen and oxygen atoms in total. The van der Waals surface area contributed by atoms with Gasteiger partial charge < -0.3 is 19.3 Å². The third-order valence-corrected chi connectivity index (χ3v) is 6.11. The van der Waals surface area contributed by atoms with Crippen LogP contribution in [0.15, 0.2) is 81.4 Å². The van der Waals surface area contributed by atoms with Gasteiger partial charge in [-0.15, -0.1) is 0 Å². The van der Waals surface area contributed by atoms with E-state index in [4.69, 9.17) is 14.2 Å². The highest BCUT2D eigenvalue weighted by molar-refractivity contribution is 5.26. The van der Waals surface area contributed by atoms with Crippen LogP contribution < -0.4 is 11.2 Å². The predicted octanol–water partition coefficient (Wildman–Crippen LogP) is 1.98. The molecule has 1 fully saturated rings. The monoisotopic (exact) mass is 479 g/mol. The second-order valence-corrected chi connectivity index (χ2v) is 8.58. The number of nitrogens with one attached hydrogen (secondary N) is 1. The van der Waals surface area contributed by atoms with Crippen molar-refractivity contribution >= 4 is 6.72 Å². The summed E-state index contributed by atoms with van der Waals surface area (Å²) in [6, 6.07) is 18.4. The van der Waals surface area contributed by atoms with Crippen molar-refractivity contribution in [3.05, 3.63) is 104 Å². The molecule has 2 unspecified atom stereocenters. The number of ether oxygens (including phenoxy) is 3. The minimum absolute atomic E-state index is 0.0164. The van der Waals surface area contributed by atoms with Crippen molar-refractivity contribution in [2.45, 2.75) is 44.1 Å². The van der Waals surface area contributed by atoms with Gasteiger partial charge in [0.15, 0.2) is 6.23 Å². The van der Waals surface area contributed by atoms with Gasteiger partial charge in [0.05, 0.1) is 26.4 Å². The Labute approximate surface area is 202 Å². The maximum absolute atomic E-state index is 12.7. The van der Waals surface area contributed by atoms with Crippen molar-refractivity contribution in [2.75, 3.05) is 13.2 Å². The summed E-state index contributed by atoms with van der Waals surface area (Å²) < 4.78 is 19.8. The molecule has 0 saturated carbocycles. The minimum atomic E-state index is -1.33. The number of aliphatic hydroxyl groups is 1. The van der Waals surface area contributed by atoms with Crippen molar-refractivity contribution in [3.63, 3.8) is 0 Å². The minimum Gasteiger partial charge on any atom is -0.393 e. The Hall–Kier alpha value is -3.37. The molecule has 3 aromatic rings. The molecule has 2 aromatic carbocycles. The van der Waals surface area contributed by atoms with Gasteiger partial charge >= 0.3 is 5.69 Å².